The average Bonchev–Trinajstić information content (AvgIpc) is 3.48. The zero-order chi connectivity index (χ0) is 27.0. The van der Waals surface area contributed by atoms with Crippen LogP contribution in [0.2, 0.25) is 0 Å². The molecule has 1 aliphatic rings. The van der Waals surface area contributed by atoms with Gasteiger partial charge in [0.15, 0.2) is 6.16 Å². The lowest BCUT2D eigenvalue weighted by atomic mass is 10.1. The Balaban J connectivity index is 1.41. The number of hydrogen-bond acceptors (Lipinski definition) is 8. The Morgan fingerprint density at radius 1 is 0.974 bits per heavy atom. The Kier molecular flexibility index (Phi) is 12.9. The van der Waals surface area contributed by atoms with Crippen LogP contribution in [0.1, 0.15) is 49.7 Å². The third-order valence-electron chi connectivity index (χ3n) is 6.08. The molecular weight excluding hydrogens is 507 g/mol. The molecule has 0 bridgehead atoms. The first-order valence-corrected chi connectivity index (χ1v) is 14.5. The van der Waals surface area contributed by atoms with Crippen molar-refractivity contribution in [3.05, 3.63) is 71.8 Å². The summed E-state index contributed by atoms with van der Waals surface area (Å²) in [5, 5.41) is 5.67. The summed E-state index contributed by atoms with van der Waals surface area (Å²) in [6, 6.07) is 18.7. The van der Waals surface area contributed by atoms with E-state index in [1.807, 2.05) is 60.7 Å². The minimum Gasteiger partial charge on any atom is -0.445 e. The fraction of sp³-hybridized carbons (Fsp3) is 0.464. The number of carbonyl (C=O) groups is 3. The van der Waals surface area contributed by atoms with Gasteiger partial charge in [0.05, 0.1) is 0 Å². The molecule has 9 nitrogen and oxygen atoms in total. The molecule has 2 N–H and O–H groups in total. The van der Waals surface area contributed by atoms with Gasteiger partial charge in [0.25, 0.3) is 0 Å². The molecule has 1 saturated heterocycles. The summed E-state index contributed by atoms with van der Waals surface area (Å²) in [4.78, 5) is 36.9. The second-order valence-electron chi connectivity index (χ2n) is 9.11. The van der Waals surface area contributed by atoms with Gasteiger partial charge in [0.2, 0.25) is 6.10 Å². The minimum atomic E-state index is -2.11. The van der Waals surface area contributed by atoms with Gasteiger partial charge in [0.1, 0.15) is 12.6 Å². The highest BCUT2D eigenvalue weighted by molar-refractivity contribution is 7.39. The highest BCUT2D eigenvalue weighted by Gasteiger charge is 2.34. The summed E-state index contributed by atoms with van der Waals surface area (Å²) in [7, 11) is -2.11. The lowest BCUT2D eigenvalue weighted by Gasteiger charge is -2.13. The molecule has 1 heterocycles. The van der Waals surface area contributed by atoms with Crippen molar-refractivity contribution in [2.24, 2.45) is 0 Å². The molecule has 10 heteroatoms. The summed E-state index contributed by atoms with van der Waals surface area (Å²) in [6.45, 7) is 1.21. The van der Waals surface area contributed by atoms with Crippen molar-refractivity contribution in [3.63, 3.8) is 0 Å². The monoisotopic (exact) mass is 543 g/mol. The van der Waals surface area contributed by atoms with E-state index >= 15 is 0 Å². The van der Waals surface area contributed by atoms with Crippen LogP contribution in [0.25, 0.3) is 0 Å². The maximum absolute atomic E-state index is 12.7. The van der Waals surface area contributed by atoms with Gasteiger partial charge in [-0.25, -0.2) is 14.4 Å². The summed E-state index contributed by atoms with van der Waals surface area (Å²) < 4.78 is 28.4. The first-order chi connectivity index (χ1) is 18.5. The molecule has 38 heavy (non-hydrogen) atoms. The number of hydrogen-bond donors (Lipinski definition) is 2. The average molecular weight is 544 g/mol. The zero-order valence-electron chi connectivity index (χ0n) is 21.5. The highest BCUT2D eigenvalue weighted by atomic mass is 31.1. The summed E-state index contributed by atoms with van der Waals surface area (Å²) >= 11 is 0. The summed E-state index contributed by atoms with van der Waals surface area (Å²) in [5.41, 5.74) is 2.03. The second-order valence-corrected chi connectivity index (χ2v) is 10.4. The van der Waals surface area contributed by atoms with Gasteiger partial charge < -0.3 is 20.1 Å². The lowest BCUT2D eigenvalue weighted by molar-refractivity contribution is -0.166. The Hall–Kier alpha value is -3.13. The van der Waals surface area contributed by atoms with Crippen molar-refractivity contribution in [1.82, 2.24) is 10.6 Å². The number of esters is 2. The maximum atomic E-state index is 12.7. The number of aryl methyl sites for hydroxylation is 1. The van der Waals surface area contributed by atoms with Crippen molar-refractivity contribution in [3.8, 4) is 0 Å². The Labute approximate surface area is 224 Å². The molecule has 0 saturated carbocycles. The van der Waals surface area contributed by atoms with Gasteiger partial charge in [-0.1, -0.05) is 60.7 Å². The van der Waals surface area contributed by atoms with Crippen LogP contribution in [-0.4, -0.2) is 49.4 Å². The minimum absolute atomic E-state index is 0.176. The largest absolute Gasteiger partial charge is 0.508 e. The van der Waals surface area contributed by atoms with Crippen LogP contribution in [0.15, 0.2) is 60.7 Å². The molecule has 204 valence electrons. The number of ether oxygens (including phenoxy) is 2. The summed E-state index contributed by atoms with van der Waals surface area (Å²) in [6.07, 6.45) is 2.71. The fourth-order valence-corrected chi connectivity index (χ4v) is 5.00. The summed E-state index contributed by atoms with van der Waals surface area (Å²) in [5.74, 6) is -1.46. The predicted molar refractivity (Wildman–Crippen MR) is 143 cm³/mol. The number of rotatable bonds is 15. The van der Waals surface area contributed by atoms with Crippen LogP contribution in [0.5, 0.6) is 0 Å². The molecule has 0 spiro atoms. The highest BCUT2D eigenvalue weighted by Crippen LogP contribution is 2.29. The molecule has 1 fully saturated rings. The van der Waals surface area contributed by atoms with Crippen LogP contribution in [-0.2, 0) is 41.2 Å². The number of benzene rings is 2. The number of unbranched alkanes of at least 4 members (excludes halogenated alkanes) is 1. The Bertz CT molecular complexity index is 1030. The van der Waals surface area contributed by atoms with Gasteiger partial charge in [-0.15, -0.1) is 4.52 Å². The quantitative estimate of drug-likeness (QED) is 0.144. The molecule has 1 amide bonds. The molecule has 3 atom stereocenters. The molecule has 0 aliphatic carbocycles. The molecular formula is C28H36N2O7P+. The topological polar surface area (TPSA) is 120 Å². The normalized spacial score (nSPS) is 15.9. The van der Waals surface area contributed by atoms with Gasteiger partial charge in [-0.05, 0) is 67.2 Å². The van der Waals surface area contributed by atoms with Crippen molar-refractivity contribution < 1.29 is 32.9 Å². The number of carbonyl (C=O) groups excluding carboxylic acids is 3. The van der Waals surface area contributed by atoms with Crippen LogP contribution in [0, 0.1) is 0 Å². The van der Waals surface area contributed by atoms with E-state index < -0.39 is 38.2 Å². The Morgan fingerprint density at radius 3 is 2.37 bits per heavy atom. The second kappa shape index (κ2) is 16.7. The zero-order valence-corrected chi connectivity index (χ0v) is 22.4. The lowest BCUT2D eigenvalue weighted by Crippen LogP contribution is -2.37. The maximum Gasteiger partial charge on any atom is 0.508 e. The van der Waals surface area contributed by atoms with E-state index in [0.717, 1.165) is 24.0 Å². The van der Waals surface area contributed by atoms with Crippen molar-refractivity contribution in [1.29, 1.82) is 0 Å². The van der Waals surface area contributed by atoms with Gasteiger partial charge >= 0.3 is 26.1 Å². The standard InChI is InChI=1S/C28H35N2O7P/c31-26(24-16-9-19-29-24)36-27(32)25(37-38(34)20-10-15-22-11-3-1-4-12-22)17-7-8-18-30-28(33)35-21-23-13-5-2-6-14-23/h1-6,11-14,24-25,29H,7-10,15-21H2/p+1/t24-,25?/m0/s1. The third kappa shape index (κ3) is 11.1. The van der Waals surface area contributed by atoms with Gasteiger partial charge in [0, 0.05) is 6.54 Å². The molecule has 2 unspecified atom stereocenters. The Morgan fingerprint density at radius 2 is 1.68 bits per heavy atom. The molecule has 0 aromatic heterocycles. The van der Waals surface area contributed by atoms with Crippen LogP contribution >= 0.6 is 8.03 Å². The smallest absolute Gasteiger partial charge is 0.445 e. The van der Waals surface area contributed by atoms with E-state index in [1.54, 1.807) is 0 Å². The fourth-order valence-electron chi connectivity index (χ4n) is 4.01. The van der Waals surface area contributed by atoms with Crippen LogP contribution in [0.3, 0.4) is 0 Å². The van der Waals surface area contributed by atoms with E-state index in [1.165, 1.54) is 0 Å². The predicted octanol–water partition coefficient (Wildman–Crippen LogP) is 4.67. The van der Waals surface area contributed by atoms with E-state index in [-0.39, 0.29) is 13.0 Å². The number of amides is 1. The molecule has 2 aromatic carbocycles. The van der Waals surface area contributed by atoms with Crippen LogP contribution < -0.4 is 10.6 Å². The first kappa shape index (κ1) is 29.4. The van der Waals surface area contributed by atoms with E-state index in [9.17, 15) is 18.9 Å². The third-order valence-corrected chi connectivity index (χ3v) is 7.25. The molecule has 3 rings (SSSR count). The van der Waals surface area contributed by atoms with Crippen LogP contribution in [0.4, 0.5) is 4.79 Å². The molecule has 2 aromatic rings. The van der Waals surface area contributed by atoms with Crippen molar-refractivity contribution in [2.45, 2.75) is 63.7 Å². The van der Waals surface area contributed by atoms with E-state index in [0.29, 0.717) is 44.9 Å². The molecule has 1 aliphatic heterocycles. The molecule has 0 radical (unpaired) electrons. The SMILES string of the molecule is O=C(NCCCCC(O[P+](=O)CCCc1ccccc1)C(=O)OC(=O)[C@@H]1CCCN1)OCc1ccccc1. The van der Waals surface area contributed by atoms with Gasteiger partial charge in [-0.3, -0.25) is 0 Å². The van der Waals surface area contributed by atoms with Crippen molar-refractivity contribution in [2.75, 3.05) is 19.3 Å². The van der Waals surface area contributed by atoms with E-state index in [2.05, 4.69) is 10.6 Å². The van der Waals surface area contributed by atoms with Gasteiger partial charge in [-0.2, -0.15) is 0 Å². The first-order valence-electron chi connectivity index (χ1n) is 13.1. The van der Waals surface area contributed by atoms with E-state index in [4.69, 9.17) is 14.0 Å². The van der Waals surface area contributed by atoms with Crippen molar-refractivity contribution >= 4 is 26.1 Å². The number of alkyl carbamates (subject to hydrolysis) is 1. The number of nitrogens with one attached hydrogen (secondary N) is 2.